The van der Waals surface area contributed by atoms with Crippen molar-refractivity contribution >= 4 is 18.0 Å². The van der Waals surface area contributed by atoms with Crippen molar-refractivity contribution in [3.05, 3.63) is 82.1 Å². The molecule has 162 valence electrons. The number of urea groups is 1. The Hall–Kier alpha value is -3.75. The summed E-state index contributed by atoms with van der Waals surface area (Å²) in [5.74, 6) is -3.50. The minimum Gasteiger partial charge on any atom is -0.478 e. The van der Waals surface area contributed by atoms with Crippen LogP contribution in [-0.4, -0.2) is 34.6 Å². The maximum Gasteiger partial charge on any atom is 0.338 e. The fourth-order valence-corrected chi connectivity index (χ4v) is 3.35. The molecule has 0 aliphatic carbocycles. The van der Waals surface area contributed by atoms with E-state index in [4.69, 9.17) is 9.84 Å². The molecule has 7 nitrogen and oxygen atoms in total. The van der Waals surface area contributed by atoms with Gasteiger partial charge in [-0.15, -0.1) is 0 Å². The highest BCUT2D eigenvalue weighted by atomic mass is 19.1. The summed E-state index contributed by atoms with van der Waals surface area (Å²) in [6.07, 6.45) is 0. The number of hydrogen-bond donors (Lipinski definition) is 2. The van der Waals surface area contributed by atoms with E-state index in [1.807, 2.05) is 0 Å². The van der Waals surface area contributed by atoms with Gasteiger partial charge in [0.1, 0.15) is 11.6 Å². The number of carbonyl (C=O) groups is 3. The van der Waals surface area contributed by atoms with E-state index in [-0.39, 0.29) is 35.5 Å². The monoisotopic (exact) mass is 430 g/mol. The maximum absolute atomic E-state index is 14.4. The zero-order chi connectivity index (χ0) is 22.7. The fraction of sp³-hybridized carbons (Fsp3) is 0.227. The van der Waals surface area contributed by atoms with E-state index in [1.54, 1.807) is 19.1 Å². The standard InChI is InChI=1S/C22H20F2N2O5/c1-3-31-21(29)18-12(2)26(11-13-4-6-14(7-5-13)20(27)28)22(30)25-19(18)16-9-8-15(23)10-17(16)24/h4-10,19H,3,11H2,1-2H3,(H,25,30)(H,27,28). The number of rotatable bonds is 6. The molecule has 9 heteroatoms. The van der Waals surface area contributed by atoms with Crippen LogP contribution in [0.5, 0.6) is 0 Å². The van der Waals surface area contributed by atoms with E-state index in [9.17, 15) is 23.2 Å². The second-order valence-electron chi connectivity index (χ2n) is 6.86. The number of allylic oxidation sites excluding steroid dienone is 1. The number of carbonyl (C=O) groups excluding carboxylic acids is 2. The van der Waals surface area contributed by atoms with Crippen molar-refractivity contribution in [3.63, 3.8) is 0 Å². The van der Waals surface area contributed by atoms with E-state index in [2.05, 4.69) is 5.32 Å². The lowest BCUT2D eigenvalue weighted by Gasteiger charge is -2.35. The van der Waals surface area contributed by atoms with Gasteiger partial charge in [-0.25, -0.2) is 23.2 Å². The van der Waals surface area contributed by atoms with E-state index in [1.165, 1.54) is 30.0 Å². The maximum atomic E-state index is 14.4. The quantitative estimate of drug-likeness (QED) is 0.681. The van der Waals surface area contributed by atoms with Crippen molar-refractivity contribution in [3.8, 4) is 0 Å². The number of amides is 2. The van der Waals surface area contributed by atoms with Gasteiger partial charge in [0.25, 0.3) is 0 Å². The van der Waals surface area contributed by atoms with Crippen LogP contribution >= 0.6 is 0 Å². The van der Waals surface area contributed by atoms with Crippen LogP contribution in [0.4, 0.5) is 13.6 Å². The van der Waals surface area contributed by atoms with Gasteiger partial charge in [-0.1, -0.05) is 18.2 Å². The van der Waals surface area contributed by atoms with Gasteiger partial charge in [0, 0.05) is 17.3 Å². The summed E-state index contributed by atoms with van der Waals surface area (Å²) in [6.45, 7) is 3.26. The van der Waals surface area contributed by atoms with Gasteiger partial charge in [-0.3, -0.25) is 4.90 Å². The number of carboxylic acid groups (broad SMARTS) is 1. The first-order valence-corrected chi connectivity index (χ1v) is 9.46. The summed E-state index contributed by atoms with van der Waals surface area (Å²) in [7, 11) is 0. The van der Waals surface area contributed by atoms with E-state index in [0.717, 1.165) is 6.07 Å². The first-order valence-electron chi connectivity index (χ1n) is 9.46. The highest BCUT2D eigenvalue weighted by Gasteiger charge is 2.37. The molecule has 1 unspecified atom stereocenters. The topological polar surface area (TPSA) is 95.9 Å². The molecule has 0 aromatic heterocycles. The minimum atomic E-state index is -1.15. The van der Waals surface area contributed by atoms with Gasteiger partial charge < -0.3 is 15.2 Å². The van der Waals surface area contributed by atoms with Gasteiger partial charge in [-0.2, -0.15) is 0 Å². The highest BCUT2D eigenvalue weighted by Crippen LogP contribution is 2.33. The summed E-state index contributed by atoms with van der Waals surface area (Å²) < 4.78 is 32.9. The normalized spacial score (nSPS) is 16.2. The molecule has 1 heterocycles. The average Bonchev–Trinajstić information content (AvgIpc) is 2.71. The number of nitrogens with one attached hydrogen (secondary N) is 1. The Morgan fingerprint density at radius 2 is 1.84 bits per heavy atom. The largest absolute Gasteiger partial charge is 0.478 e. The number of halogens is 2. The number of aromatic carboxylic acids is 1. The molecule has 1 aliphatic rings. The Morgan fingerprint density at radius 3 is 2.42 bits per heavy atom. The number of esters is 1. The predicted molar refractivity (Wildman–Crippen MR) is 106 cm³/mol. The molecule has 3 rings (SSSR count). The van der Waals surface area contributed by atoms with Crippen LogP contribution in [0.3, 0.4) is 0 Å². The number of ether oxygens (including phenoxy) is 1. The molecule has 1 atom stereocenters. The zero-order valence-electron chi connectivity index (χ0n) is 16.8. The number of benzene rings is 2. The molecule has 0 spiro atoms. The Labute approximate surface area is 176 Å². The molecule has 1 aliphatic heterocycles. The molecule has 0 saturated heterocycles. The van der Waals surface area contributed by atoms with Gasteiger partial charge in [0.15, 0.2) is 0 Å². The van der Waals surface area contributed by atoms with Crippen molar-refractivity contribution < 1.29 is 33.0 Å². The fourth-order valence-electron chi connectivity index (χ4n) is 3.35. The molecule has 0 fully saturated rings. The molecule has 31 heavy (non-hydrogen) atoms. The second kappa shape index (κ2) is 8.95. The first kappa shape index (κ1) is 21.9. The van der Waals surface area contributed by atoms with E-state index >= 15 is 0 Å². The molecule has 0 radical (unpaired) electrons. The van der Waals surface area contributed by atoms with Crippen molar-refractivity contribution in [2.24, 2.45) is 0 Å². The number of carboxylic acids is 1. The summed E-state index contributed by atoms with van der Waals surface area (Å²) >= 11 is 0. The molecule has 2 aromatic rings. The van der Waals surface area contributed by atoms with Crippen molar-refractivity contribution in [2.45, 2.75) is 26.4 Å². The Morgan fingerprint density at radius 1 is 1.16 bits per heavy atom. The van der Waals surface area contributed by atoms with Crippen LogP contribution in [0.1, 0.15) is 41.4 Å². The number of nitrogens with zero attached hydrogens (tertiary/aromatic N) is 1. The van der Waals surface area contributed by atoms with Gasteiger partial charge in [0.05, 0.1) is 30.3 Å². The Kier molecular flexibility index (Phi) is 6.33. The third kappa shape index (κ3) is 4.55. The van der Waals surface area contributed by atoms with Crippen LogP contribution < -0.4 is 5.32 Å². The van der Waals surface area contributed by atoms with Crippen LogP contribution in [0, 0.1) is 11.6 Å². The van der Waals surface area contributed by atoms with Crippen molar-refractivity contribution in [1.29, 1.82) is 0 Å². The van der Waals surface area contributed by atoms with E-state index < -0.39 is 35.6 Å². The lowest BCUT2D eigenvalue weighted by molar-refractivity contribution is -0.139. The molecule has 2 aromatic carbocycles. The van der Waals surface area contributed by atoms with Crippen molar-refractivity contribution in [2.75, 3.05) is 6.61 Å². The summed E-state index contributed by atoms with van der Waals surface area (Å²) in [6, 6.07) is 7.06. The van der Waals surface area contributed by atoms with Crippen LogP contribution in [0.25, 0.3) is 0 Å². The highest BCUT2D eigenvalue weighted by molar-refractivity contribution is 5.95. The lowest BCUT2D eigenvalue weighted by atomic mass is 9.94. The van der Waals surface area contributed by atoms with Crippen LogP contribution in [0.2, 0.25) is 0 Å². The average molecular weight is 430 g/mol. The predicted octanol–water partition coefficient (Wildman–Crippen LogP) is 3.77. The zero-order valence-corrected chi connectivity index (χ0v) is 16.8. The summed E-state index contributed by atoms with van der Waals surface area (Å²) in [5.41, 5.74) is 0.919. The molecular formula is C22H20F2N2O5. The molecule has 2 N–H and O–H groups in total. The summed E-state index contributed by atoms with van der Waals surface area (Å²) in [4.78, 5) is 37.8. The van der Waals surface area contributed by atoms with Crippen LogP contribution in [-0.2, 0) is 16.1 Å². The second-order valence-corrected chi connectivity index (χ2v) is 6.86. The third-order valence-corrected chi connectivity index (χ3v) is 4.91. The molecule has 0 saturated carbocycles. The molecular weight excluding hydrogens is 410 g/mol. The third-order valence-electron chi connectivity index (χ3n) is 4.91. The Balaban J connectivity index is 2.01. The van der Waals surface area contributed by atoms with Crippen molar-refractivity contribution in [1.82, 2.24) is 10.2 Å². The SMILES string of the molecule is CCOC(=O)C1=C(C)N(Cc2ccc(C(=O)O)cc2)C(=O)NC1c1ccc(F)cc1F. The first-order chi connectivity index (χ1) is 14.7. The summed E-state index contributed by atoms with van der Waals surface area (Å²) in [5, 5.41) is 11.6. The molecule has 0 bridgehead atoms. The minimum absolute atomic E-state index is 0.0223. The van der Waals surface area contributed by atoms with Gasteiger partial charge >= 0.3 is 18.0 Å². The smallest absolute Gasteiger partial charge is 0.338 e. The lowest BCUT2D eigenvalue weighted by Crippen LogP contribution is -2.47. The van der Waals surface area contributed by atoms with Gasteiger partial charge in [0.2, 0.25) is 0 Å². The van der Waals surface area contributed by atoms with Gasteiger partial charge in [-0.05, 0) is 37.6 Å². The Bertz CT molecular complexity index is 1070. The van der Waals surface area contributed by atoms with E-state index in [0.29, 0.717) is 11.6 Å². The van der Waals surface area contributed by atoms with Crippen LogP contribution in [0.15, 0.2) is 53.7 Å². The number of hydrogen-bond acceptors (Lipinski definition) is 4. The molecule has 2 amide bonds.